The van der Waals surface area contributed by atoms with E-state index in [0.29, 0.717) is 12.0 Å². The molecule has 2 aliphatic heterocycles. The first-order valence-corrected chi connectivity index (χ1v) is 10.2. The van der Waals surface area contributed by atoms with Gasteiger partial charge in [0, 0.05) is 6.42 Å². The molecule has 0 aromatic heterocycles. The summed E-state index contributed by atoms with van der Waals surface area (Å²) in [6.45, 7) is 9.62. The monoisotopic (exact) mass is 388 g/mol. The lowest BCUT2D eigenvalue weighted by atomic mass is 9.93. The Labute approximate surface area is 167 Å². The van der Waals surface area contributed by atoms with Gasteiger partial charge in [0.1, 0.15) is 18.3 Å². The van der Waals surface area contributed by atoms with Gasteiger partial charge in [0.15, 0.2) is 5.79 Å². The van der Waals surface area contributed by atoms with Crippen LogP contribution in [-0.4, -0.2) is 41.3 Å². The highest BCUT2D eigenvalue weighted by Crippen LogP contribution is 2.33. The van der Waals surface area contributed by atoms with Crippen molar-refractivity contribution in [3.05, 3.63) is 46.5 Å². The lowest BCUT2D eigenvalue weighted by molar-refractivity contribution is -0.152. The van der Waals surface area contributed by atoms with Gasteiger partial charge in [-0.15, -0.1) is 0 Å². The molecule has 0 bridgehead atoms. The summed E-state index contributed by atoms with van der Waals surface area (Å²) in [7, 11) is 0. The minimum atomic E-state index is -0.755. The molecule has 1 N–H and O–H groups in total. The first kappa shape index (κ1) is 21.0. The van der Waals surface area contributed by atoms with Crippen molar-refractivity contribution in [3.63, 3.8) is 0 Å². The van der Waals surface area contributed by atoms with E-state index >= 15 is 0 Å². The number of cyclic esters (lactones) is 1. The predicted molar refractivity (Wildman–Crippen MR) is 107 cm³/mol. The van der Waals surface area contributed by atoms with Crippen molar-refractivity contribution in [3.8, 4) is 0 Å². The molecule has 5 heteroatoms. The molecule has 2 heterocycles. The zero-order chi connectivity index (χ0) is 20.5. The summed E-state index contributed by atoms with van der Waals surface area (Å²) in [5, 5.41) is 10.6. The Morgan fingerprint density at radius 3 is 2.68 bits per heavy atom. The Morgan fingerprint density at radius 2 is 1.93 bits per heavy atom. The number of aliphatic hydroxyl groups is 1. The van der Waals surface area contributed by atoms with Gasteiger partial charge in [0.25, 0.3) is 0 Å². The molecular formula is C23H32O5. The molecule has 0 spiro atoms. The molecule has 2 aliphatic rings. The highest BCUT2D eigenvalue weighted by molar-refractivity contribution is 5.93. The molecule has 28 heavy (non-hydrogen) atoms. The number of aryl methyl sites for hydroxylation is 3. The Kier molecular flexibility index (Phi) is 6.28. The van der Waals surface area contributed by atoms with Crippen LogP contribution in [0.4, 0.5) is 0 Å². The first-order chi connectivity index (χ1) is 13.2. The third-order valence-electron chi connectivity index (χ3n) is 5.37. The third-order valence-corrected chi connectivity index (χ3v) is 5.37. The molecule has 1 aromatic carbocycles. The van der Waals surface area contributed by atoms with E-state index in [9.17, 15) is 9.90 Å². The van der Waals surface area contributed by atoms with Gasteiger partial charge in [-0.3, -0.25) is 0 Å². The topological polar surface area (TPSA) is 65.0 Å². The number of carbonyl (C=O) groups excluding carboxylic acids is 1. The van der Waals surface area contributed by atoms with Gasteiger partial charge in [-0.05, 0) is 65.0 Å². The molecule has 0 saturated carbocycles. The second-order valence-electron chi connectivity index (χ2n) is 8.52. The molecule has 5 nitrogen and oxygen atoms in total. The highest BCUT2D eigenvalue weighted by atomic mass is 16.8. The fraction of sp³-hybridized carbons (Fsp3) is 0.609. The van der Waals surface area contributed by atoms with Crippen LogP contribution < -0.4 is 0 Å². The largest absolute Gasteiger partial charge is 0.459 e. The lowest BCUT2D eigenvalue weighted by Gasteiger charge is -2.22. The van der Waals surface area contributed by atoms with Crippen LogP contribution >= 0.6 is 0 Å². The van der Waals surface area contributed by atoms with Crippen molar-refractivity contribution in [2.75, 3.05) is 0 Å². The number of hydrogen-bond acceptors (Lipinski definition) is 5. The van der Waals surface area contributed by atoms with Gasteiger partial charge in [-0.25, -0.2) is 4.79 Å². The van der Waals surface area contributed by atoms with Crippen molar-refractivity contribution in [1.29, 1.82) is 0 Å². The van der Waals surface area contributed by atoms with E-state index in [4.69, 9.17) is 14.2 Å². The number of hydrogen-bond donors (Lipinski definition) is 1. The second-order valence-corrected chi connectivity index (χ2v) is 8.52. The number of benzene rings is 1. The number of aliphatic hydroxyl groups excluding tert-OH is 1. The predicted octanol–water partition coefficient (Wildman–Crippen LogP) is 4.01. The van der Waals surface area contributed by atoms with E-state index in [1.165, 1.54) is 0 Å². The van der Waals surface area contributed by atoms with E-state index in [1.54, 1.807) is 6.08 Å². The zero-order valence-corrected chi connectivity index (χ0v) is 17.5. The number of ether oxygens (including phenoxy) is 3. The van der Waals surface area contributed by atoms with Crippen molar-refractivity contribution >= 4 is 5.97 Å². The van der Waals surface area contributed by atoms with E-state index in [-0.39, 0.29) is 18.2 Å². The normalized spacial score (nSPS) is 32.0. The Hall–Kier alpha value is -1.69. The van der Waals surface area contributed by atoms with Gasteiger partial charge in [0.2, 0.25) is 0 Å². The van der Waals surface area contributed by atoms with Crippen LogP contribution in [0.5, 0.6) is 0 Å². The Bertz CT molecular complexity index is 752. The van der Waals surface area contributed by atoms with E-state index < -0.39 is 18.0 Å². The number of fused-ring (bicyclic) bond motifs is 2. The van der Waals surface area contributed by atoms with Crippen molar-refractivity contribution < 1.29 is 24.1 Å². The summed E-state index contributed by atoms with van der Waals surface area (Å²) < 4.78 is 17.7. The molecular weight excluding hydrogens is 356 g/mol. The molecule has 4 atom stereocenters. The van der Waals surface area contributed by atoms with Gasteiger partial charge < -0.3 is 19.3 Å². The SMILES string of the molecule is Cc1cc(C)c2c(c1)CCC[C@@H]1OC(C)(C)O[C@@H]1C(O)/C=C\C[C@H](C)OC2=O. The average Bonchev–Trinajstić information content (AvgIpc) is 2.88. The van der Waals surface area contributed by atoms with E-state index in [2.05, 4.69) is 6.07 Å². The smallest absolute Gasteiger partial charge is 0.338 e. The fourth-order valence-electron chi connectivity index (χ4n) is 4.22. The summed E-state index contributed by atoms with van der Waals surface area (Å²) in [5.41, 5.74) is 3.78. The lowest BCUT2D eigenvalue weighted by Crippen LogP contribution is -2.34. The van der Waals surface area contributed by atoms with Gasteiger partial charge in [-0.2, -0.15) is 0 Å². The standard InChI is InChI=1S/C23H32O5/c1-14-12-15(2)20-17(13-14)9-7-11-19-21(28-23(4,5)27-19)18(24)10-6-8-16(3)26-22(20)25/h6,10,12-13,16,18-19,21,24H,7-9,11H2,1-5H3/b10-6-/t16-,18?,19-,21+/m0/s1. The molecule has 1 saturated heterocycles. The van der Waals surface area contributed by atoms with Gasteiger partial charge >= 0.3 is 5.97 Å². The van der Waals surface area contributed by atoms with Crippen LogP contribution in [0.2, 0.25) is 0 Å². The van der Waals surface area contributed by atoms with Crippen LogP contribution in [0, 0.1) is 13.8 Å². The Morgan fingerprint density at radius 1 is 1.18 bits per heavy atom. The van der Waals surface area contributed by atoms with E-state index in [1.807, 2.05) is 46.8 Å². The number of rotatable bonds is 0. The van der Waals surface area contributed by atoms with Gasteiger partial charge in [0.05, 0.1) is 11.7 Å². The summed E-state index contributed by atoms with van der Waals surface area (Å²) in [5.74, 6) is -0.985. The second kappa shape index (κ2) is 8.36. The minimum absolute atomic E-state index is 0.184. The third kappa shape index (κ3) is 4.83. The fourth-order valence-corrected chi connectivity index (χ4v) is 4.22. The molecule has 154 valence electrons. The maximum Gasteiger partial charge on any atom is 0.338 e. The summed E-state index contributed by atoms with van der Waals surface area (Å²) in [4.78, 5) is 12.8. The molecule has 0 aliphatic carbocycles. The summed E-state index contributed by atoms with van der Waals surface area (Å²) >= 11 is 0. The molecule has 3 rings (SSSR count). The zero-order valence-electron chi connectivity index (χ0n) is 17.5. The number of carbonyl (C=O) groups is 1. The summed E-state index contributed by atoms with van der Waals surface area (Å²) in [6.07, 6.45) is 4.82. The van der Waals surface area contributed by atoms with Gasteiger partial charge in [-0.1, -0.05) is 29.8 Å². The average molecular weight is 389 g/mol. The molecule has 0 amide bonds. The molecule has 1 fully saturated rings. The minimum Gasteiger partial charge on any atom is -0.459 e. The van der Waals surface area contributed by atoms with E-state index in [0.717, 1.165) is 36.0 Å². The van der Waals surface area contributed by atoms with Crippen LogP contribution in [0.1, 0.15) is 67.1 Å². The van der Waals surface area contributed by atoms with Crippen molar-refractivity contribution in [1.82, 2.24) is 0 Å². The maximum absolute atomic E-state index is 12.8. The molecule has 0 radical (unpaired) electrons. The van der Waals surface area contributed by atoms with Crippen LogP contribution in [-0.2, 0) is 20.6 Å². The van der Waals surface area contributed by atoms with Crippen LogP contribution in [0.25, 0.3) is 0 Å². The number of esters is 1. The molecule has 1 aromatic rings. The Balaban J connectivity index is 1.90. The molecule has 1 unspecified atom stereocenters. The van der Waals surface area contributed by atoms with Crippen molar-refractivity contribution in [2.45, 2.75) is 90.5 Å². The summed E-state index contributed by atoms with van der Waals surface area (Å²) in [6, 6.07) is 4.10. The highest BCUT2D eigenvalue weighted by Gasteiger charge is 2.43. The van der Waals surface area contributed by atoms with Crippen LogP contribution in [0.15, 0.2) is 24.3 Å². The van der Waals surface area contributed by atoms with Crippen LogP contribution in [0.3, 0.4) is 0 Å². The first-order valence-electron chi connectivity index (χ1n) is 10.2. The quantitative estimate of drug-likeness (QED) is 0.537. The van der Waals surface area contributed by atoms with Crippen molar-refractivity contribution in [2.24, 2.45) is 0 Å². The maximum atomic E-state index is 12.8.